The average molecular weight is 237 g/mol. The van der Waals surface area contributed by atoms with Crippen molar-refractivity contribution in [3.05, 3.63) is 28.8 Å². The van der Waals surface area contributed by atoms with E-state index in [1.807, 2.05) is 19.1 Å². The molecule has 0 saturated carbocycles. The Balaban J connectivity index is 2.48. The first kappa shape index (κ1) is 11.5. The molecule has 16 heavy (non-hydrogen) atoms. The van der Waals surface area contributed by atoms with E-state index in [0.717, 1.165) is 28.2 Å². The quantitative estimate of drug-likeness (QED) is 0.761. The van der Waals surface area contributed by atoms with E-state index in [-0.39, 0.29) is 12.0 Å². The van der Waals surface area contributed by atoms with Crippen LogP contribution in [0.4, 0.5) is 0 Å². The highest BCUT2D eigenvalue weighted by atomic mass is 32.2. The number of methoxy groups -OCH3 is 1. The summed E-state index contributed by atoms with van der Waals surface area (Å²) in [6, 6.07) is 4.01. The molecular formula is C12H15NO2S. The number of esters is 1. The van der Waals surface area contributed by atoms with Gasteiger partial charge >= 0.3 is 5.97 Å². The molecule has 1 aromatic carbocycles. The molecule has 86 valence electrons. The predicted molar refractivity (Wildman–Crippen MR) is 64.8 cm³/mol. The Hall–Kier alpha value is -1.00. The van der Waals surface area contributed by atoms with Crippen molar-refractivity contribution < 1.29 is 9.53 Å². The van der Waals surface area contributed by atoms with Crippen LogP contribution in [-0.2, 0) is 4.74 Å². The van der Waals surface area contributed by atoms with E-state index in [9.17, 15) is 4.79 Å². The maximum atomic E-state index is 11.5. The summed E-state index contributed by atoms with van der Waals surface area (Å²) < 4.78 is 4.76. The third kappa shape index (κ3) is 1.95. The van der Waals surface area contributed by atoms with Gasteiger partial charge in [0.1, 0.15) is 0 Å². The van der Waals surface area contributed by atoms with Crippen LogP contribution in [0, 0.1) is 6.92 Å². The largest absolute Gasteiger partial charge is 0.465 e. The molecule has 0 spiro atoms. The molecule has 4 heteroatoms. The van der Waals surface area contributed by atoms with E-state index >= 15 is 0 Å². The molecule has 0 saturated heterocycles. The standard InChI is InChI=1S/C12H15NO2S/c1-7-5-9-10(13)3-4-16-11(9)6-8(7)12(14)15-2/h5-6,10H,3-4,13H2,1-2H3. The summed E-state index contributed by atoms with van der Waals surface area (Å²) in [5.41, 5.74) is 8.77. The van der Waals surface area contributed by atoms with Gasteiger partial charge in [-0.05, 0) is 36.3 Å². The third-order valence-electron chi connectivity index (χ3n) is 2.85. The number of hydrogen-bond acceptors (Lipinski definition) is 4. The van der Waals surface area contributed by atoms with Gasteiger partial charge in [0.25, 0.3) is 0 Å². The van der Waals surface area contributed by atoms with Gasteiger partial charge in [-0.3, -0.25) is 0 Å². The van der Waals surface area contributed by atoms with Crippen molar-refractivity contribution in [1.82, 2.24) is 0 Å². The molecule has 2 rings (SSSR count). The molecule has 0 radical (unpaired) electrons. The monoisotopic (exact) mass is 237 g/mol. The summed E-state index contributed by atoms with van der Waals surface area (Å²) >= 11 is 1.76. The zero-order valence-electron chi connectivity index (χ0n) is 9.45. The van der Waals surface area contributed by atoms with Crippen LogP contribution in [0.1, 0.15) is 33.9 Å². The lowest BCUT2D eigenvalue weighted by atomic mass is 9.99. The molecule has 1 aliphatic heterocycles. The van der Waals surface area contributed by atoms with Gasteiger partial charge in [-0.2, -0.15) is 0 Å². The number of carbonyl (C=O) groups is 1. The first-order valence-electron chi connectivity index (χ1n) is 5.24. The minimum absolute atomic E-state index is 0.0987. The second-order valence-electron chi connectivity index (χ2n) is 3.94. The Kier molecular flexibility index (Phi) is 3.21. The summed E-state index contributed by atoms with van der Waals surface area (Å²) in [5, 5.41) is 0. The topological polar surface area (TPSA) is 52.3 Å². The highest BCUT2D eigenvalue weighted by Crippen LogP contribution is 2.36. The van der Waals surface area contributed by atoms with Crippen molar-refractivity contribution in [3.8, 4) is 0 Å². The lowest BCUT2D eigenvalue weighted by Crippen LogP contribution is -2.17. The third-order valence-corrected chi connectivity index (χ3v) is 3.95. The van der Waals surface area contributed by atoms with Gasteiger partial charge in [-0.15, -0.1) is 11.8 Å². The Morgan fingerprint density at radius 2 is 2.31 bits per heavy atom. The summed E-state index contributed by atoms with van der Waals surface area (Å²) in [7, 11) is 1.40. The van der Waals surface area contributed by atoms with Gasteiger partial charge in [0, 0.05) is 10.9 Å². The van der Waals surface area contributed by atoms with Crippen molar-refractivity contribution in [2.24, 2.45) is 5.73 Å². The normalized spacial score (nSPS) is 19.1. The Bertz CT molecular complexity index is 431. The Morgan fingerprint density at radius 3 is 3.00 bits per heavy atom. The van der Waals surface area contributed by atoms with Crippen LogP contribution < -0.4 is 5.73 Å². The van der Waals surface area contributed by atoms with Crippen molar-refractivity contribution in [2.75, 3.05) is 12.9 Å². The van der Waals surface area contributed by atoms with Crippen LogP contribution in [0.5, 0.6) is 0 Å². The molecule has 1 atom stereocenters. The van der Waals surface area contributed by atoms with Crippen LogP contribution in [0.15, 0.2) is 17.0 Å². The number of carbonyl (C=O) groups excluding carboxylic acids is 1. The Morgan fingerprint density at radius 1 is 1.56 bits per heavy atom. The number of thioether (sulfide) groups is 1. The molecule has 3 nitrogen and oxygen atoms in total. The van der Waals surface area contributed by atoms with Crippen LogP contribution >= 0.6 is 11.8 Å². The highest BCUT2D eigenvalue weighted by Gasteiger charge is 2.20. The summed E-state index contributed by atoms with van der Waals surface area (Å²) in [4.78, 5) is 12.7. The van der Waals surface area contributed by atoms with E-state index in [1.54, 1.807) is 11.8 Å². The lowest BCUT2D eigenvalue weighted by Gasteiger charge is -2.23. The molecular weight excluding hydrogens is 222 g/mol. The highest BCUT2D eigenvalue weighted by molar-refractivity contribution is 7.99. The number of benzene rings is 1. The van der Waals surface area contributed by atoms with Crippen LogP contribution in [0.2, 0.25) is 0 Å². The van der Waals surface area contributed by atoms with E-state index in [4.69, 9.17) is 10.5 Å². The van der Waals surface area contributed by atoms with Crippen molar-refractivity contribution in [2.45, 2.75) is 24.3 Å². The van der Waals surface area contributed by atoms with Gasteiger partial charge in [0.05, 0.1) is 12.7 Å². The van der Waals surface area contributed by atoms with Crippen LogP contribution in [-0.4, -0.2) is 18.8 Å². The second kappa shape index (κ2) is 4.47. The lowest BCUT2D eigenvalue weighted by molar-refractivity contribution is 0.0599. The number of nitrogens with two attached hydrogens (primary N) is 1. The second-order valence-corrected chi connectivity index (χ2v) is 5.08. The van der Waals surface area contributed by atoms with Gasteiger partial charge in [-0.25, -0.2) is 4.79 Å². The summed E-state index contributed by atoms with van der Waals surface area (Å²) in [5.74, 6) is 0.734. The summed E-state index contributed by atoms with van der Waals surface area (Å²) in [6.45, 7) is 1.92. The Labute approximate surface area is 99.4 Å². The first-order valence-corrected chi connectivity index (χ1v) is 6.23. The smallest absolute Gasteiger partial charge is 0.338 e. The maximum Gasteiger partial charge on any atom is 0.338 e. The minimum Gasteiger partial charge on any atom is -0.465 e. The fourth-order valence-corrected chi connectivity index (χ4v) is 3.08. The molecule has 0 amide bonds. The van der Waals surface area contributed by atoms with Crippen molar-refractivity contribution >= 4 is 17.7 Å². The number of fused-ring (bicyclic) bond motifs is 1. The van der Waals surface area contributed by atoms with Gasteiger partial charge in [-0.1, -0.05) is 6.07 Å². The number of hydrogen-bond donors (Lipinski definition) is 1. The zero-order valence-corrected chi connectivity index (χ0v) is 10.3. The van der Waals surface area contributed by atoms with E-state index in [2.05, 4.69) is 0 Å². The molecule has 0 fully saturated rings. The molecule has 1 heterocycles. The van der Waals surface area contributed by atoms with Crippen LogP contribution in [0.25, 0.3) is 0 Å². The molecule has 1 aromatic rings. The minimum atomic E-state index is -0.278. The van der Waals surface area contributed by atoms with Crippen molar-refractivity contribution in [3.63, 3.8) is 0 Å². The van der Waals surface area contributed by atoms with E-state index in [1.165, 1.54) is 7.11 Å². The van der Waals surface area contributed by atoms with Crippen LogP contribution in [0.3, 0.4) is 0 Å². The molecule has 0 bridgehead atoms. The van der Waals surface area contributed by atoms with E-state index in [0.29, 0.717) is 5.56 Å². The molecule has 0 aliphatic carbocycles. The number of rotatable bonds is 1. The summed E-state index contributed by atoms with van der Waals surface area (Å²) in [6.07, 6.45) is 0.995. The number of aryl methyl sites for hydroxylation is 1. The molecule has 0 aromatic heterocycles. The average Bonchev–Trinajstić information content (AvgIpc) is 2.29. The SMILES string of the molecule is COC(=O)c1cc2c(cc1C)C(N)CCS2. The fraction of sp³-hybridized carbons (Fsp3) is 0.417. The molecule has 1 aliphatic rings. The molecule has 2 N–H and O–H groups in total. The van der Waals surface area contributed by atoms with E-state index < -0.39 is 0 Å². The molecule has 1 unspecified atom stereocenters. The van der Waals surface area contributed by atoms with Crippen molar-refractivity contribution in [1.29, 1.82) is 0 Å². The predicted octanol–water partition coefficient (Wildman–Crippen LogP) is 2.28. The number of ether oxygens (including phenoxy) is 1. The van der Waals surface area contributed by atoms with Gasteiger partial charge in [0.2, 0.25) is 0 Å². The zero-order chi connectivity index (χ0) is 11.7. The fourth-order valence-electron chi connectivity index (χ4n) is 1.91. The first-order chi connectivity index (χ1) is 7.63. The van der Waals surface area contributed by atoms with Gasteiger partial charge < -0.3 is 10.5 Å². The maximum absolute atomic E-state index is 11.5. The van der Waals surface area contributed by atoms with Gasteiger partial charge in [0.15, 0.2) is 0 Å².